The number of quaternary nitrogens is 1. The first-order chi connectivity index (χ1) is 15.4. The molecular formula is C27H54NO3P+2. The van der Waals surface area contributed by atoms with Gasteiger partial charge in [0.05, 0.1) is 27.6 Å². The number of nitrogens with zero attached hydrogens (tertiary/aromatic N) is 1. The highest BCUT2D eigenvalue weighted by Gasteiger charge is 2.30. The van der Waals surface area contributed by atoms with Crippen LogP contribution in [0, 0.1) is 0 Å². The summed E-state index contributed by atoms with van der Waals surface area (Å²) in [6.45, 7) is 3.40. The zero-order valence-corrected chi connectivity index (χ0v) is 22.8. The van der Waals surface area contributed by atoms with Crippen molar-refractivity contribution in [3.05, 3.63) is 12.2 Å². The minimum Gasteiger partial charge on any atom is -0.329 e. The van der Waals surface area contributed by atoms with Crippen molar-refractivity contribution in [2.75, 3.05) is 34.3 Å². The first kappa shape index (κ1) is 31.4. The molecule has 0 rings (SSSR count). The van der Waals surface area contributed by atoms with Gasteiger partial charge in [-0.05, 0) is 36.7 Å². The van der Waals surface area contributed by atoms with Gasteiger partial charge in [-0.1, -0.05) is 96.1 Å². The van der Waals surface area contributed by atoms with Crippen LogP contribution in [0.15, 0.2) is 12.2 Å². The van der Waals surface area contributed by atoms with Gasteiger partial charge in [0.1, 0.15) is 6.54 Å². The van der Waals surface area contributed by atoms with E-state index in [4.69, 9.17) is 4.52 Å². The molecule has 5 heteroatoms. The van der Waals surface area contributed by atoms with Crippen LogP contribution < -0.4 is 0 Å². The Bertz CT molecular complexity index is 486. The van der Waals surface area contributed by atoms with Gasteiger partial charge in [-0.2, -0.15) is 0 Å². The number of unbranched alkanes of at least 4 members (excludes halogenated alkanes) is 15. The van der Waals surface area contributed by atoms with E-state index in [0.717, 1.165) is 23.9 Å². The van der Waals surface area contributed by atoms with E-state index in [2.05, 4.69) is 19.1 Å². The molecule has 0 saturated heterocycles. The molecule has 4 nitrogen and oxygen atoms in total. The lowest BCUT2D eigenvalue weighted by Gasteiger charge is -2.21. The molecule has 1 unspecified atom stereocenters. The molecule has 0 aliphatic rings. The highest BCUT2D eigenvalue weighted by atomic mass is 31.1. The molecule has 188 valence electrons. The van der Waals surface area contributed by atoms with Gasteiger partial charge in [-0.15, -0.1) is 4.52 Å². The number of allylic oxidation sites excluding steroid dienone is 2. The standard InChI is InChI=1S/C27H54NO3P/c1-5-6-7-8-9-10-11-12-13-14-15-16-17-18-19-20-21-22-23-24-27(29)32(30)31-26-25-28(2,3)4/h12-13H,5-11,14-26H2,1-4H3/q+2/b13-12-. The van der Waals surface area contributed by atoms with Crippen molar-refractivity contribution < 1.29 is 18.4 Å². The van der Waals surface area contributed by atoms with Crippen LogP contribution in [0.4, 0.5) is 0 Å². The molecule has 0 amide bonds. The SMILES string of the molecule is CCCCCCCC/C=C\CCCCCCCCCCCC(=O)[P+](=O)OCC[N+](C)(C)C. The quantitative estimate of drug-likeness (QED) is 0.0612. The van der Waals surface area contributed by atoms with Gasteiger partial charge in [-0.25, -0.2) is 4.79 Å². The monoisotopic (exact) mass is 471 g/mol. The summed E-state index contributed by atoms with van der Waals surface area (Å²) < 4.78 is 17.8. The molecule has 0 fully saturated rings. The zero-order valence-electron chi connectivity index (χ0n) is 21.9. The second-order valence-corrected chi connectivity index (χ2v) is 11.5. The lowest BCUT2D eigenvalue weighted by molar-refractivity contribution is -0.870. The molecule has 0 aromatic carbocycles. The molecule has 0 aliphatic heterocycles. The molecule has 0 aromatic heterocycles. The number of carbonyl (C=O) groups excluding carboxylic acids is 1. The minimum atomic E-state index is -2.14. The van der Waals surface area contributed by atoms with Gasteiger partial charge in [0.25, 0.3) is 0 Å². The molecule has 0 spiro atoms. The summed E-state index contributed by atoms with van der Waals surface area (Å²) in [5.41, 5.74) is -0.220. The van der Waals surface area contributed by atoms with Crippen molar-refractivity contribution in [2.45, 2.75) is 122 Å². The molecule has 0 aliphatic carbocycles. The second kappa shape index (κ2) is 22.2. The topological polar surface area (TPSA) is 43.4 Å². The van der Waals surface area contributed by atoms with Crippen molar-refractivity contribution >= 4 is 13.6 Å². The van der Waals surface area contributed by atoms with Gasteiger partial charge in [0, 0.05) is 0 Å². The number of hydrogen-bond acceptors (Lipinski definition) is 3. The van der Waals surface area contributed by atoms with E-state index in [9.17, 15) is 9.36 Å². The smallest absolute Gasteiger partial charge is 0.329 e. The van der Waals surface area contributed by atoms with Crippen molar-refractivity contribution in [3.63, 3.8) is 0 Å². The number of rotatable bonds is 24. The number of hydrogen-bond donors (Lipinski definition) is 0. The molecule has 0 bridgehead atoms. The maximum Gasteiger partial charge on any atom is 0.587 e. The van der Waals surface area contributed by atoms with Gasteiger partial charge in [-0.3, -0.25) is 0 Å². The number of carbonyl (C=O) groups is 1. The van der Waals surface area contributed by atoms with Gasteiger partial charge in [0.15, 0.2) is 6.61 Å². The molecular weight excluding hydrogens is 417 g/mol. The van der Waals surface area contributed by atoms with Crippen LogP contribution in [-0.4, -0.2) is 44.3 Å². The Morgan fingerprint density at radius 2 is 1.16 bits per heavy atom. The van der Waals surface area contributed by atoms with E-state index < -0.39 is 8.03 Å². The Morgan fingerprint density at radius 3 is 1.62 bits per heavy atom. The van der Waals surface area contributed by atoms with Crippen LogP contribution in [0.5, 0.6) is 0 Å². The first-order valence-electron chi connectivity index (χ1n) is 13.4. The fourth-order valence-electron chi connectivity index (χ4n) is 3.61. The maximum absolute atomic E-state index is 11.9. The summed E-state index contributed by atoms with van der Waals surface area (Å²) in [6.07, 6.45) is 26.9. The van der Waals surface area contributed by atoms with Gasteiger partial charge < -0.3 is 4.48 Å². The highest BCUT2D eigenvalue weighted by molar-refractivity contribution is 7.59. The van der Waals surface area contributed by atoms with Crippen molar-refractivity contribution in [1.82, 2.24) is 0 Å². The van der Waals surface area contributed by atoms with E-state index in [0.29, 0.717) is 13.0 Å². The second-order valence-electron chi connectivity index (χ2n) is 10.2. The van der Waals surface area contributed by atoms with Crippen LogP contribution in [0.25, 0.3) is 0 Å². The summed E-state index contributed by atoms with van der Waals surface area (Å²) >= 11 is 0. The van der Waals surface area contributed by atoms with E-state index in [-0.39, 0.29) is 5.52 Å². The van der Waals surface area contributed by atoms with Crippen LogP contribution >= 0.6 is 8.03 Å². The fourth-order valence-corrected chi connectivity index (χ4v) is 4.35. The lowest BCUT2D eigenvalue weighted by atomic mass is 10.1. The highest BCUT2D eigenvalue weighted by Crippen LogP contribution is 2.26. The predicted molar refractivity (Wildman–Crippen MR) is 139 cm³/mol. The molecule has 1 atom stereocenters. The Balaban J connectivity index is 3.33. The molecule has 0 N–H and O–H groups in total. The first-order valence-corrected chi connectivity index (χ1v) is 14.6. The summed E-state index contributed by atoms with van der Waals surface area (Å²) in [5.74, 6) is 0. The van der Waals surface area contributed by atoms with Crippen molar-refractivity contribution in [3.8, 4) is 0 Å². The summed E-state index contributed by atoms with van der Waals surface area (Å²) in [7, 11) is 4.01. The van der Waals surface area contributed by atoms with E-state index in [1.54, 1.807) is 0 Å². The summed E-state index contributed by atoms with van der Waals surface area (Å²) in [4.78, 5) is 11.9. The zero-order chi connectivity index (χ0) is 23.9. The minimum absolute atomic E-state index is 0.220. The molecule has 0 radical (unpaired) electrons. The van der Waals surface area contributed by atoms with E-state index >= 15 is 0 Å². The molecule has 0 saturated carbocycles. The van der Waals surface area contributed by atoms with Gasteiger partial charge >= 0.3 is 13.6 Å². The number of likely N-dealkylation sites (N-methyl/N-ethyl adjacent to an activating group) is 1. The van der Waals surface area contributed by atoms with Crippen LogP contribution in [0.1, 0.15) is 122 Å². The van der Waals surface area contributed by atoms with E-state index in [1.165, 1.54) is 96.3 Å². The Kier molecular flexibility index (Phi) is 21.8. The van der Waals surface area contributed by atoms with Gasteiger partial charge in [0.2, 0.25) is 0 Å². The largest absolute Gasteiger partial charge is 0.587 e. The van der Waals surface area contributed by atoms with Crippen LogP contribution in [0.3, 0.4) is 0 Å². The van der Waals surface area contributed by atoms with Crippen LogP contribution in [0.2, 0.25) is 0 Å². The fraction of sp³-hybridized carbons (Fsp3) is 0.889. The average molecular weight is 472 g/mol. The molecule has 0 heterocycles. The third-order valence-electron chi connectivity index (χ3n) is 5.83. The normalized spacial score (nSPS) is 12.6. The Labute approximate surface area is 201 Å². The molecule has 32 heavy (non-hydrogen) atoms. The van der Waals surface area contributed by atoms with Crippen molar-refractivity contribution in [1.29, 1.82) is 0 Å². The Hall–Kier alpha value is -0.570. The predicted octanol–water partition coefficient (Wildman–Crippen LogP) is 8.58. The maximum atomic E-state index is 11.9. The summed E-state index contributed by atoms with van der Waals surface area (Å²) in [6, 6.07) is 0. The average Bonchev–Trinajstić information content (AvgIpc) is 2.74. The lowest BCUT2D eigenvalue weighted by Crippen LogP contribution is -2.37. The summed E-state index contributed by atoms with van der Waals surface area (Å²) in [5, 5.41) is 0. The van der Waals surface area contributed by atoms with Crippen LogP contribution in [-0.2, 0) is 13.9 Å². The third-order valence-corrected chi connectivity index (χ3v) is 6.87. The molecule has 0 aromatic rings. The van der Waals surface area contributed by atoms with E-state index in [1.807, 2.05) is 21.1 Å². The Morgan fingerprint density at radius 1 is 0.719 bits per heavy atom. The third kappa shape index (κ3) is 24.1. The van der Waals surface area contributed by atoms with Crippen molar-refractivity contribution in [2.24, 2.45) is 0 Å².